The van der Waals surface area contributed by atoms with Gasteiger partial charge in [-0.15, -0.1) is 0 Å². The van der Waals surface area contributed by atoms with E-state index in [9.17, 15) is 0 Å². The summed E-state index contributed by atoms with van der Waals surface area (Å²) in [4.78, 5) is 0. The predicted octanol–water partition coefficient (Wildman–Crippen LogP) is 5.38. The van der Waals surface area contributed by atoms with Gasteiger partial charge in [0.25, 0.3) is 0 Å². The first-order valence-electron chi connectivity index (χ1n) is 8.99. The van der Waals surface area contributed by atoms with Gasteiger partial charge in [-0.3, -0.25) is 0 Å². The molecule has 26 heavy (non-hydrogen) atoms. The third-order valence-corrected chi connectivity index (χ3v) is 5.26. The van der Waals surface area contributed by atoms with E-state index in [2.05, 4.69) is 61.5 Å². The maximum atomic E-state index is 6.35. The van der Waals surface area contributed by atoms with Gasteiger partial charge in [0.05, 0.1) is 0 Å². The summed E-state index contributed by atoms with van der Waals surface area (Å²) in [5.41, 5.74) is 4.95. The van der Waals surface area contributed by atoms with Crippen molar-refractivity contribution in [2.75, 3.05) is 6.79 Å². The van der Waals surface area contributed by atoms with E-state index in [1.807, 2.05) is 12.1 Å². The third-order valence-electron chi connectivity index (χ3n) is 5.26. The molecule has 3 aromatic rings. The molecule has 0 amide bonds. The molecule has 0 saturated heterocycles. The van der Waals surface area contributed by atoms with Gasteiger partial charge in [-0.1, -0.05) is 54.1 Å². The lowest BCUT2D eigenvalue weighted by Gasteiger charge is -2.33. The van der Waals surface area contributed by atoms with Gasteiger partial charge in [-0.25, -0.2) is 0 Å². The van der Waals surface area contributed by atoms with Crippen LogP contribution in [0.4, 0.5) is 0 Å². The second kappa shape index (κ2) is 6.10. The molecule has 0 radical (unpaired) electrons. The summed E-state index contributed by atoms with van der Waals surface area (Å²) in [6.07, 6.45) is 0.945. The highest BCUT2D eigenvalue weighted by atomic mass is 16.7. The van der Waals surface area contributed by atoms with Gasteiger partial charge >= 0.3 is 0 Å². The van der Waals surface area contributed by atoms with Crippen molar-refractivity contribution in [1.29, 1.82) is 0 Å². The van der Waals surface area contributed by atoms with Crippen molar-refractivity contribution in [2.24, 2.45) is 0 Å². The van der Waals surface area contributed by atoms with E-state index in [0.29, 0.717) is 6.79 Å². The first-order valence-corrected chi connectivity index (χ1v) is 8.99. The first kappa shape index (κ1) is 15.3. The number of para-hydroxylation sites is 1. The molecule has 2 atom stereocenters. The van der Waals surface area contributed by atoms with Gasteiger partial charge in [0, 0.05) is 11.5 Å². The second-order valence-electron chi connectivity index (χ2n) is 6.96. The minimum atomic E-state index is 0.0425. The minimum absolute atomic E-state index is 0.0425. The Morgan fingerprint density at radius 3 is 2.42 bits per heavy atom. The number of rotatable bonds is 2. The van der Waals surface area contributed by atoms with E-state index >= 15 is 0 Å². The molecule has 3 heteroatoms. The van der Waals surface area contributed by atoms with Crippen molar-refractivity contribution >= 4 is 0 Å². The molecule has 2 aliphatic heterocycles. The van der Waals surface area contributed by atoms with E-state index in [4.69, 9.17) is 14.2 Å². The van der Waals surface area contributed by atoms with E-state index in [1.165, 1.54) is 22.3 Å². The Hall–Kier alpha value is -2.94. The topological polar surface area (TPSA) is 27.7 Å². The molecule has 0 aromatic heterocycles. The van der Waals surface area contributed by atoms with Gasteiger partial charge in [-0.2, -0.15) is 0 Å². The minimum Gasteiger partial charge on any atom is -0.485 e. The highest BCUT2D eigenvalue weighted by Gasteiger charge is 2.31. The fourth-order valence-corrected chi connectivity index (χ4v) is 3.85. The van der Waals surface area contributed by atoms with E-state index in [0.717, 1.165) is 23.7 Å². The summed E-state index contributed by atoms with van der Waals surface area (Å²) in [6, 6.07) is 23.2. The van der Waals surface area contributed by atoms with E-state index < -0.39 is 0 Å². The maximum absolute atomic E-state index is 6.35. The van der Waals surface area contributed by atoms with Crippen LogP contribution in [0.15, 0.2) is 66.7 Å². The molecule has 5 rings (SSSR count). The maximum Gasteiger partial charge on any atom is 0.231 e. The van der Waals surface area contributed by atoms with Crippen LogP contribution in [0.3, 0.4) is 0 Å². The number of ether oxygens (including phenoxy) is 3. The number of benzene rings is 3. The van der Waals surface area contributed by atoms with Gasteiger partial charge in [0.15, 0.2) is 11.5 Å². The summed E-state index contributed by atoms with van der Waals surface area (Å²) >= 11 is 0. The predicted molar refractivity (Wildman–Crippen MR) is 100 cm³/mol. The highest BCUT2D eigenvalue weighted by molar-refractivity contribution is 5.50. The number of aryl methyl sites for hydroxylation is 1. The number of hydrogen-bond acceptors (Lipinski definition) is 3. The summed E-state index contributed by atoms with van der Waals surface area (Å²) in [5.74, 6) is 2.88. The molecule has 0 saturated carbocycles. The Balaban J connectivity index is 1.56. The van der Waals surface area contributed by atoms with E-state index in [-0.39, 0.29) is 12.0 Å². The van der Waals surface area contributed by atoms with Gasteiger partial charge in [0.2, 0.25) is 6.79 Å². The zero-order valence-corrected chi connectivity index (χ0v) is 14.6. The summed E-state index contributed by atoms with van der Waals surface area (Å²) in [5, 5.41) is 0. The zero-order chi connectivity index (χ0) is 17.5. The number of hydrogen-bond donors (Lipinski definition) is 0. The molecule has 2 heterocycles. The van der Waals surface area contributed by atoms with Crippen LogP contribution in [0.5, 0.6) is 17.2 Å². The number of fused-ring (bicyclic) bond motifs is 2. The standard InChI is InChI=1S/C23H20O3/c1-15-6-8-16(9-7-15)22-13-19(18-4-2-3-5-20(18)26-22)17-10-11-21-23(12-17)25-14-24-21/h2-12,19,22H,13-14H2,1H3/t19-,22+/m0/s1. The Bertz CT molecular complexity index is 946. The van der Waals surface area contributed by atoms with E-state index in [1.54, 1.807) is 0 Å². The lowest BCUT2D eigenvalue weighted by atomic mass is 9.82. The van der Waals surface area contributed by atoms with Gasteiger partial charge in [-0.05, 0) is 42.7 Å². The molecular formula is C23H20O3. The van der Waals surface area contributed by atoms with Crippen molar-refractivity contribution in [3.05, 3.63) is 89.0 Å². The van der Waals surface area contributed by atoms with Crippen molar-refractivity contribution in [1.82, 2.24) is 0 Å². The molecule has 0 unspecified atom stereocenters. The average molecular weight is 344 g/mol. The monoisotopic (exact) mass is 344 g/mol. The van der Waals surface area contributed by atoms with Crippen molar-refractivity contribution in [2.45, 2.75) is 25.4 Å². The SMILES string of the molecule is Cc1ccc([C@H]2C[C@@H](c3ccc4c(c3)OCO4)c3ccccc3O2)cc1. The van der Waals surface area contributed by atoms with Crippen LogP contribution >= 0.6 is 0 Å². The van der Waals surface area contributed by atoms with Crippen molar-refractivity contribution in [3.63, 3.8) is 0 Å². The van der Waals surface area contributed by atoms with Crippen LogP contribution in [0.25, 0.3) is 0 Å². The van der Waals surface area contributed by atoms with Crippen LogP contribution in [0, 0.1) is 6.92 Å². The molecule has 0 bridgehead atoms. The fraction of sp³-hybridized carbons (Fsp3) is 0.217. The second-order valence-corrected chi connectivity index (χ2v) is 6.96. The lowest BCUT2D eigenvalue weighted by Crippen LogP contribution is -2.20. The van der Waals surface area contributed by atoms with Gasteiger partial charge in [0.1, 0.15) is 11.9 Å². The molecule has 0 spiro atoms. The molecule has 0 aliphatic carbocycles. The highest BCUT2D eigenvalue weighted by Crippen LogP contribution is 2.46. The molecule has 130 valence electrons. The van der Waals surface area contributed by atoms with Crippen LogP contribution in [0.2, 0.25) is 0 Å². The van der Waals surface area contributed by atoms with Crippen LogP contribution < -0.4 is 14.2 Å². The summed E-state index contributed by atoms with van der Waals surface area (Å²) in [6.45, 7) is 2.41. The van der Waals surface area contributed by atoms with Crippen LogP contribution in [0.1, 0.15) is 40.7 Å². The molecule has 0 N–H and O–H groups in total. The fourth-order valence-electron chi connectivity index (χ4n) is 3.85. The lowest BCUT2D eigenvalue weighted by molar-refractivity contribution is 0.167. The summed E-state index contributed by atoms with van der Waals surface area (Å²) in [7, 11) is 0. The quantitative estimate of drug-likeness (QED) is 0.625. The average Bonchev–Trinajstić information content (AvgIpc) is 3.15. The molecule has 3 aromatic carbocycles. The Labute approximate surface area is 153 Å². The smallest absolute Gasteiger partial charge is 0.231 e. The molecule has 0 fully saturated rings. The normalized spacial score (nSPS) is 20.3. The third kappa shape index (κ3) is 2.60. The Morgan fingerprint density at radius 2 is 1.54 bits per heavy atom. The molecule has 2 aliphatic rings. The largest absolute Gasteiger partial charge is 0.485 e. The van der Waals surface area contributed by atoms with Crippen LogP contribution in [-0.4, -0.2) is 6.79 Å². The Kier molecular flexibility index (Phi) is 3.59. The van der Waals surface area contributed by atoms with Crippen LogP contribution in [-0.2, 0) is 0 Å². The van der Waals surface area contributed by atoms with Crippen molar-refractivity contribution in [3.8, 4) is 17.2 Å². The molecule has 3 nitrogen and oxygen atoms in total. The zero-order valence-electron chi connectivity index (χ0n) is 14.6. The first-order chi connectivity index (χ1) is 12.8. The summed E-state index contributed by atoms with van der Waals surface area (Å²) < 4.78 is 17.4. The Morgan fingerprint density at radius 1 is 0.769 bits per heavy atom. The molecular weight excluding hydrogens is 324 g/mol. The van der Waals surface area contributed by atoms with Crippen molar-refractivity contribution < 1.29 is 14.2 Å². The van der Waals surface area contributed by atoms with Gasteiger partial charge < -0.3 is 14.2 Å².